The number of ether oxygens (including phenoxy) is 1. The molecule has 0 bridgehead atoms. The lowest BCUT2D eigenvalue weighted by Gasteiger charge is -2.45. The van der Waals surface area contributed by atoms with Crippen molar-refractivity contribution in [2.75, 3.05) is 33.3 Å². The molecule has 2 aliphatic heterocycles. The van der Waals surface area contributed by atoms with Crippen molar-refractivity contribution in [2.24, 2.45) is 5.92 Å². The maximum atomic E-state index is 5.30. The van der Waals surface area contributed by atoms with Crippen molar-refractivity contribution < 1.29 is 4.74 Å². The molecule has 14 heavy (non-hydrogen) atoms. The highest BCUT2D eigenvalue weighted by Gasteiger charge is 2.33. The van der Waals surface area contributed by atoms with Crippen LogP contribution in [0.2, 0.25) is 0 Å². The fraction of sp³-hybridized carbons (Fsp3) is 1.00. The summed E-state index contributed by atoms with van der Waals surface area (Å²) in [5, 5.41) is 3.42. The molecular formula is C11H22N2O. The largest absolute Gasteiger partial charge is 0.379 e. The van der Waals surface area contributed by atoms with Gasteiger partial charge in [0.15, 0.2) is 0 Å². The first-order valence-corrected chi connectivity index (χ1v) is 5.79. The Balaban J connectivity index is 1.75. The minimum absolute atomic E-state index is 0.499. The molecule has 0 aromatic heterocycles. The Kier molecular flexibility index (Phi) is 3.42. The maximum Gasteiger partial charge on any atom is 0.0825 e. The number of piperidine rings is 1. The van der Waals surface area contributed by atoms with Gasteiger partial charge in [0.05, 0.1) is 6.10 Å². The highest BCUT2D eigenvalue weighted by atomic mass is 16.5. The third-order valence-corrected chi connectivity index (χ3v) is 3.85. The lowest BCUT2D eigenvalue weighted by molar-refractivity contribution is -0.0606. The van der Waals surface area contributed by atoms with E-state index < -0.39 is 0 Å². The third-order valence-electron chi connectivity index (χ3n) is 3.85. The van der Waals surface area contributed by atoms with Crippen molar-refractivity contribution in [2.45, 2.75) is 31.9 Å². The summed E-state index contributed by atoms with van der Waals surface area (Å²) < 4.78 is 5.30. The molecule has 82 valence electrons. The standard InChI is InChI=1S/C11H22N2O/c1-9(10-3-5-12-6-4-10)13-7-11(8-13)14-2/h9-12H,3-8H2,1-2H3. The van der Waals surface area contributed by atoms with E-state index in [0.717, 1.165) is 25.0 Å². The Labute approximate surface area is 86.8 Å². The summed E-state index contributed by atoms with van der Waals surface area (Å²) >= 11 is 0. The summed E-state index contributed by atoms with van der Waals surface area (Å²) in [6.07, 6.45) is 3.18. The number of rotatable bonds is 3. The van der Waals surface area contributed by atoms with Gasteiger partial charge < -0.3 is 10.1 Å². The Bertz CT molecular complexity index is 174. The zero-order valence-corrected chi connectivity index (χ0v) is 9.33. The molecule has 1 unspecified atom stereocenters. The molecule has 3 heteroatoms. The molecule has 2 fully saturated rings. The van der Waals surface area contributed by atoms with Gasteiger partial charge in [-0.1, -0.05) is 0 Å². The quantitative estimate of drug-likeness (QED) is 0.722. The van der Waals surface area contributed by atoms with Crippen molar-refractivity contribution in [3.8, 4) is 0 Å². The van der Waals surface area contributed by atoms with Crippen molar-refractivity contribution in [3.05, 3.63) is 0 Å². The van der Waals surface area contributed by atoms with Crippen LogP contribution in [0.3, 0.4) is 0 Å². The lowest BCUT2D eigenvalue weighted by Crippen LogP contribution is -2.57. The molecule has 2 aliphatic rings. The predicted octanol–water partition coefficient (Wildman–Crippen LogP) is 0.705. The van der Waals surface area contributed by atoms with Crippen molar-refractivity contribution in [1.82, 2.24) is 10.2 Å². The molecule has 2 heterocycles. The molecule has 0 aromatic carbocycles. The van der Waals surface area contributed by atoms with Gasteiger partial charge in [-0.25, -0.2) is 0 Å². The molecule has 2 saturated heterocycles. The number of nitrogens with zero attached hydrogens (tertiary/aromatic N) is 1. The molecule has 1 atom stereocenters. The average Bonchev–Trinajstić information content (AvgIpc) is 2.17. The van der Waals surface area contributed by atoms with E-state index in [0.29, 0.717) is 6.10 Å². The molecule has 0 amide bonds. The van der Waals surface area contributed by atoms with E-state index in [-0.39, 0.29) is 0 Å². The zero-order valence-electron chi connectivity index (χ0n) is 9.33. The van der Waals surface area contributed by atoms with Crippen molar-refractivity contribution >= 4 is 0 Å². The Hall–Kier alpha value is -0.120. The van der Waals surface area contributed by atoms with E-state index in [1.54, 1.807) is 0 Å². The van der Waals surface area contributed by atoms with Gasteiger partial charge in [-0.2, -0.15) is 0 Å². The van der Waals surface area contributed by atoms with E-state index in [9.17, 15) is 0 Å². The topological polar surface area (TPSA) is 24.5 Å². The molecule has 1 N–H and O–H groups in total. The second kappa shape index (κ2) is 4.60. The van der Waals surface area contributed by atoms with E-state index in [1.807, 2.05) is 7.11 Å². The van der Waals surface area contributed by atoms with Crippen LogP contribution < -0.4 is 5.32 Å². The van der Waals surface area contributed by atoms with Gasteiger partial charge in [-0.15, -0.1) is 0 Å². The van der Waals surface area contributed by atoms with Crippen LogP contribution >= 0.6 is 0 Å². The number of likely N-dealkylation sites (tertiary alicyclic amines) is 1. The van der Waals surface area contributed by atoms with E-state index >= 15 is 0 Å². The minimum atomic E-state index is 0.499. The summed E-state index contributed by atoms with van der Waals surface area (Å²) in [4.78, 5) is 2.56. The van der Waals surface area contributed by atoms with E-state index in [1.165, 1.54) is 25.9 Å². The smallest absolute Gasteiger partial charge is 0.0825 e. The highest BCUT2D eigenvalue weighted by Crippen LogP contribution is 2.25. The molecule has 3 nitrogen and oxygen atoms in total. The second-order valence-corrected chi connectivity index (χ2v) is 4.64. The summed E-state index contributed by atoms with van der Waals surface area (Å²) in [6.45, 7) is 7.07. The van der Waals surface area contributed by atoms with Crippen LogP contribution in [0, 0.1) is 5.92 Å². The van der Waals surface area contributed by atoms with Gasteiger partial charge in [-0.05, 0) is 38.8 Å². The summed E-state index contributed by atoms with van der Waals surface area (Å²) in [5.41, 5.74) is 0. The normalized spacial score (nSPS) is 28.7. The van der Waals surface area contributed by atoms with Crippen LogP contribution in [0.15, 0.2) is 0 Å². The molecular weight excluding hydrogens is 176 g/mol. The lowest BCUT2D eigenvalue weighted by atomic mass is 9.88. The number of nitrogens with one attached hydrogen (secondary N) is 1. The minimum Gasteiger partial charge on any atom is -0.379 e. The van der Waals surface area contributed by atoms with Crippen molar-refractivity contribution in [1.29, 1.82) is 0 Å². The van der Waals surface area contributed by atoms with E-state index in [4.69, 9.17) is 4.74 Å². The van der Waals surface area contributed by atoms with Gasteiger partial charge >= 0.3 is 0 Å². The fourth-order valence-corrected chi connectivity index (χ4v) is 2.58. The summed E-state index contributed by atoms with van der Waals surface area (Å²) in [6, 6.07) is 0.753. The third kappa shape index (κ3) is 2.10. The molecule has 0 aliphatic carbocycles. The van der Waals surface area contributed by atoms with Crippen LogP contribution in [0.1, 0.15) is 19.8 Å². The Morgan fingerprint density at radius 1 is 1.29 bits per heavy atom. The number of methoxy groups -OCH3 is 1. The zero-order chi connectivity index (χ0) is 9.97. The van der Waals surface area contributed by atoms with Gasteiger partial charge in [0, 0.05) is 26.2 Å². The first-order chi connectivity index (χ1) is 6.81. The molecule has 2 rings (SSSR count). The molecule has 0 aromatic rings. The van der Waals surface area contributed by atoms with Crippen LogP contribution in [0.5, 0.6) is 0 Å². The first kappa shape index (κ1) is 10.4. The van der Waals surface area contributed by atoms with Crippen LogP contribution in [-0.2, 0) is 4.74 Å². The Morgan fingerprint density at radius 2 is 1.93 bits per heavy atom. The monoisotopic (exact) mass is 198 g/mol. The van der Waals surface area contributed by atoms with Gasteiger partial charge in [0.2, 0.25) is 0 Å². The van der Waals surface area contributed by atoms with Crippen molar-refractivity contribution in [3.63, 3.8) is 0 Å². The van der Waals surface area contributed by atoms with Crippen LogP contribution in [-0.4, -0.2) is 50.3 Å². The number of hydrogen-bond acceptors (Lipinski definition) is 3. The SMILES string of the molecule is COC1CN(C(C)C2CCNCC2)C1. The highest BCUT2D eigenvalue weighted by molar-refractivity contribution is 4.88. The number of hydrogen-bond donors (Lipinski definition) is 1. The first-order valence-electron chi connectivity index (χ1n) is 5.79. The average molecular weight is 198 g/mol. The van der Waals surface area contributed by atoms with E-state index in [2.05, 4.69) is 17.1 Å². The Morgan fingerprint density at radius 3 is 2.50 bits per heavy atom. The molecule has 0 radical (unpaired) electrons. The van der Waals surface area contributed by atoms with Gasteiger partial charge in [0.25, 0.3) is 0 Å². The maximum absolute atomic E-state index is 5.30. The van der Waals surface area contributed by atoms with Gasteiger partial charge in [-0.3, -0.25) is 4.90 Å². The van der Waals surface area contributed by atoms with Crippen LogP contribution in [0.4, 0.5) is 0 Å². The summed E-state index contributed by atoms with van der Waals surface area (Å²) in [7, 11) is 1.82. The summed E-state index contributed by atoms with van der Waals surface area (Å²) in [5.74, 6) is 0.897. The second-order valence-electron chi connectivity index (χ2n) is 4.64. The predicted molar refractivity (Wildman–Crippen MR) is 57.4 cm³/mol. The molecule has 0 spiro atoms. The fourth-order valence-electron chi connectivity index (χ4n) is 2.58. The van der Waals surface area contributed by atoms with Gasteiger partial charge in [0.1, 0.15) is 0 Å². The molecule has 0 saturated carbocycles. The van der Waals surface area contributed by atoms with Crippen LogP contribution in [0.25, 0.3) is 0 Å².